The van der Waals surface area contributed by atoms with Crippen molar-refractivity contribution in [3.8, 4) is 11.5 Å². The molecule has 4 aromatic rings. The Morgan fingerprint density at radius 2 is 1.04 bits per heavy atom. The number of phosphoric acid groups is 1. The van der Waals surface area contributed by atoms with Gasteiger partial charge < -0.3 is 18.5 Å². The summed E-state index contributed by atoms with van der Waals surface area (Å²) in [4.78, 5) is 13.6. The van der Waals surface area contributed by atoms with E-state index in [0.717, 1.165) is 0 Å². The molecule has 45 heavy (non-hydrogen) atoms. The minimum Gasteiger partial charge on any atom is -0.490 e. The fourth-order valence-electron chi connectivity index (χ4n) is 4.87. The minimum atomic E-state index is -5.00. The fourth-order valence-corrected chi connectivity index (χ4v) is 7.97. The summed E-state index contributed by atoms with van der Waals surface area (Å²) in [6, 6.07) is 19.7. The predicted octanol–water partition coefficient (Wildman–Crippen LogP) is 10.3. The molecule has 6 rings (SSSR count). The van der Waals surface area contributed by atoms with Gasteiger partial charge in [0.1, 0.15) is 34.7 Å². The lowest BCUT2D eigenvalue weighted by molar-refractivity contribution is 0.235. The highest BCUT2D eigenvalue weighted by Crippen LogP contribution is 2.57. The predicted molar refractivity (Wildman–Crippen MR) is 173 cm³/mol. The van der Waals surface area contributed by atoms with Crippen LogP contribution in [0.15, 0.2) is 92.4 Å². The monoisotopic (exact) mass is 666 g/mol. The van der Waals surface area contributed by atoms with E-state index in [0.29, 0.717) is 42.2 Å². The van der Waals surface area contributed by atoms with Crippen molar-refractivity contribution in [3.05, 3.63) is 107 Å². The second-order valence-electron chi connectivity index (χ2n) is 10.8. The van der Waals surface area contributed by atoms with Crippen molar-refractivity contribution in [1.82, 2.24) is 0 Å². The first kappa shape index (κ1) is 31.3. The number of ether oxygens (including phenoxy) is 2. The second kappa shape index (κ2) is 12.6. The first-order chi connectivity index (χ1) is 21.5. The lowest BCUT2D eigenvalue weighted by Crippen LogP contribution is -2.07. The number of hydrogen-bond acceptors (Lipinski definition) is 7. The molecule has 0 radical (unpaired) electrons. The van der Waals surface area contributed by atoms with Crippen molar-refractivity contribution < 1.29 is 36.8 Å². The number of hydrogen-bond donors (Lipinski definition) is 1. The van der Waals surface area contributed by atoms with E-state index in [2.05, 4.69) is 0 Å². The molecule has 1 N–H and O–H groups in total. The Hall–Kier alpha value is -3.69. The summed E-state index contributed by atoms with van der Waals surface area (Å²) in [6.07, 6.45) is 2.43. The van der Waals surface area contributed by atoms with E-state index in [1.54, 1.807) is 60.7 Å². The van der Waals surface area contributed by atoms with Gasteiger partial charge in [-0.05, 0) is 88.4 Å². The maximum absolute atomic E-state index is 15.1. The van der Waals surface area contributed by atoms with E-state index in [9.17, 15) is 9.46 Å². The fraction of sp³-hybridized carbons (Fsp3) is 0.176. The Morgan fingerprint density at radius 3 is 1.44 bits per heavy atom. The second-order valence-corrected chi connectivity index (χ2v) is 14.2. The normalized spacial score (nSPS) is 13.8. The van der Waals surface area contributed by atoms with E-state index in [1.165, 1.54) is 47.8 Å². The molecule has 0 atom stereocenters. The molecule has 0 fully saturated rings. The van der Waals surface area contributed by atoms with E-state index >= 15 is 8.78 Å². The lowest BCUT2D eigenvalue weighted by Gasteiger charge is -2.21. The highest BCUT2D eigenvalue weighted by molar-refractivity contribution is 8.00. The van der Waals surface area contributed by atoms with Gasteiger partial charge in [0.15, 0.2) is 0 Å². The van der Waals surface area contributed by atoms with Crippen LogP contribution in [-0.2, 0) is 13.6 Å². The zero-order valence-corrected chi connectivity index (χ0v) is 27.3. The van der Waals surface area contributed by atoms with Gasteiger partial charge in [-0.25, -0.2) is 13.3 Å². The molecule has 2 aliphatic rings. The van der Waals surface area contributed by atoms with Crippen molar-refractivity contribution in [2.24, 2.45) is 0 Å². The zero-order valence-electron chi connectivity index (χ0n) is 24.7. The summed E-state index contributed by atoms with van der Waals surface area (Å²) >= 11 is 2.53. The van der Waals surface area contributed by atoms with Crippen molar-refractivity contribution in [2.45, 2.75) is 59.5 Å². The van der Waals surface area contributed by atoms with Crippen LogP contribution < -0.4 is 9.47 Å². The molecule has 0 aliphatic carbocycles. The zero-order chi connectivity index (χ0) is 31.9. The third-order valence-electron chi connectivity index (χ3n) is 6.64. The van der Waals surface area contributed by atoms with Gasteiger partial charge in [-0.15, -0.1) is 0 Å². The highest BCUT2D eigenvalue weighted by atomic mass is 32.2. The number of rotatable bonds is 8. The van der Waals surface area contributed by atoms with Crippen molar-refractivity contribution in [1.29, 1.82) is 0 Å². The Kier molecular flexibility index (Phi) is 8.76. The quantitative estimate of drug-likeness (QED) is 0.186. The van der Waals surface area contributed by atoms with Gasteiger partial charge in [0.25, 0.3) is 0 Å². The van der Waals surface area contributed by atoms with Gasteiger partial charge in [0, 0.05) is 32.0 Å². The van der Waals surface area contributed by atoms with Crippen LogP contribution in [0.5, 0.6) is 11.5 Å². The van der Waals surface area contributed by atoms with Crippen LogP contribution in [0.3, 0.4) is 0 Å². The van der Waals surface area contributed by atoms with Crippen LogP contribution >= 0.6 is 31.3 Å². The minimum absolute atomic E-state index is 0.0892. The first-order valence-corrected chi connectivity index (χ1v) is 17.3. The van der Waals surface area contributed by atoms with Crippen LogP contribution in [0.1, 0.15) is 49.9 Å². The molecular weight excluding hydrogens is 637 g/mol. The lowest BCUT2D eigenvalue weighted by atomic mass is 10.1. The van der Waals surface area contributed by atoms with Gasteiger partial charge in [0.2, 0.25) is 0 Å². The largest absolute Gasteiger partial charge is 0.584 e. The number of phosphoric ester groups is 1. The number of fused-ring (bicyclic) bond motifs is 4. The molecule has 0 spiro atoms. The summed E-state index contributed by atoms with van der Waals surface area (Å²) < 4.78 is 67.7. The van der Waals surface area contributed by atoms with Crippen LogP contribution in [0.4, 0.5) is 8.78 Å². The molecule has 232 valence electrons. The summed E-state index contributed by atoms with van der Waals surface area (Å²) in [7, 11) is -5.00. The molecule has 0 saturated carbocycles. The van der Waals surface area contributed by atoms with Crippen LogP contribution in [-0.4, -0.2) is 17.1 Å². The molecule has 2 heterocycles. The third-order valence-corrected chi connectivity index (χ3v) is 9.90. The molecule has 6 nitrogen and oxygen atoms in total. The van der Waals surface area contributed by atoms with Gasteiger partial charge >= 0.3 is 7.82 Å². The molecule has 0 unspecified atom stereocenters. The van der Waals surface area contributed by atoms with Gasteiger partial charge in [-0.3, -0.25) is 4.89 Å². The maximum atomic E-state index is 15.1. The molecule has 0 aromatic heterocycles. The summed E-state index contributed by atoms with van der Waals surface area (Å²) in [5.41, 5.74) is 1.21. The average molecular weight is 667 g/mol. The highest BCUT2D eigenvalue weighted by Gasteiger charge is 2.34. The summed E-state index contributed by atoms with van der Waals surface area (Å²) in [5.74, 6) is -0.223. The van der Waals surface area contributed by atoms with Gasteiger partial charge in [0.05, 0.1) is 22.0 Å². The topological polar surface area (TPSA) is 74.2 Å². The number of halogens is 2. The molecule has 0 bridgehead atoms. The van der Waals surface area contributed by atoms with Crippen LogP contribution in [0.2, 0.25) is 0 Å². The maximum Gasteiger partial charge on any atom is 0.584 e. The van der Waals surface area contributed by atoms with E-state index in [1.807, 2.05) is 27.7 Å². The van der Waals surface area contributed by atoms with Crippen molar-refractivity contribution in [3.63, 3.8) is 0 Å². The van der Waals surface area contributed by atoms with E-state index < -0.39 is 19.5 Å². The molecule has 0 amide bonds. The first-order valence-electron chi connectivity index (χ1n) is 14.2. The smallest absolute Gasteiger partial charge is 0.490 e. The molecule has 2 aliphatic heterocycles. The Morgan fingerprint density at radius 1 is 0.644 bits per heavy atom. The van der Waals surface area contributed by atoms with Crippen molar-refractivity contribution in [2.75, 3.05) is 0 Å². The van der Waals surface area contributed by atoms with Gasteiger partial charge in [-0.1, -0.05) is 47.8 Å². The molecule has 11 heteroatoms. The summed E-state index contributed by atoms with van der Waals surface area (Å²) in [5, 5.41) is 0. The third kappa shape index (κ3) is 6.65. The van der Waals surface area contributed by atoms with Crippen molar-refractivity contribution >= 4 is 55.0 Å². The van der Waals surface area contributed by atoms with Crippen LogP contribution in [0, 0.1) is 11.6 Å². The number of benzene rings is 4. The Bertz CT molecular complexity index is 1770. The van der Waals surface area contributed by atoms with E-state index in [-0.39, 0.29) is 34.9 Å². The summed E-state index contributed by atoms with van der Waals surface area (Å²) in [6.45, 7) is 7.53. The molecule has 4 aromatic carbocycles. The Labute approximate surface area is 268 Å². The SMILES string of the molecule is CC(C)Oc1cccc2c1Sc1cccc(F)c1C=C2OP(=O)(O)OC1=Cc2c(F)cccc2Sc2c(OC(C)C)cccc21. The van der Waals surface area contributed by atoms with Crippen LogP contribution in [0.25, 0.3) is 23.7 Å². The average Bonchev–Trinajstić information content (AvgIpc) is 3.22. The molecular formula is C34H29F2O6PS2. The molecule has 0 saturated heterocycles. The van der Waals surface area contributed by atoms with E-state index in [4.69, 9.17) is 18.5 Å². The van der Waals surface area contributed by atoms with Gasteiger partial charge in [-0.2, -0.15) is 0 Å². The standard InChI is InChI=1S/C34H29F2O6PS2/c1-19(2)39-27-13-5-9-21-29(17-23-25(35)11-7-15-31(23)44-33(21)27)41-43(37,38)42-30-18-24-26(36)12-8-16-32(24)45-34-22(30)10-6-14-28(34)40-20(3)4/h5-20H,1-4H3,(H,37,38). The Balaban J connectivity index is 1.45.